The molecular weight excluding hydrogens is 256 g/mol. The number of nitrogens with zero attached hydrogens (tertiary/aromatic N) is 1. The molecule has 2 rings (SSSR count). The molecule has 0 aromatic heterocycles. The predicted molar refractivity (Wildman–Crippen MR) is 79.6 cm³/mol. The van der Waals surface area contributed by atoms with Crippen LogP contribution in [-0.4, -0.2) is 17.1 Å². The maximum atomic E-state index is 11.3. The normalized spacial score (nSPS) is 18.9. The molecule has 0 saturated carbocycles. The van der Waals surface area contributed by atoms with Crippen molar-refractivity contribution in [1.82, 2.24) is 0 Å². The van der Waals surface area contributed by atoms with Crippen molar-refractivity contribution in [3.05, 3.63) is 27.8 Å². The predicted octanol–water partition coefficient (Wildman–Crippen LogP) is 3.87. The molecule has 0 fully saturated rings. The first kappa shape index (κ1) is 14.6. The lowest BCUT2D eigenvalue weighted by Gasteiger charge is -2.42. The van der Waals surface area contributed by atoms with E-state index in [1.54, 1.807) is 6.07 Å². The standard InChI is InChI=1S/C15H22N2O3/c1-6-16-10-7-11-13(12(8-10)17(18)19)20-15(4,5)9-14(11,2)3/h7-8,16H,6,9H2,1-5H3. The first-order valence-corrected chi connectivity index (χ1v) is 6.92. The Hall–Kier alpha value is -1.78. The van der Waals surface area contributed by atoms with Crippen LogP contribution in [0.15, 0.2) is 12.1 Å². The van der Waals surface area contributed by atoms with Crippen LogP contribution in [0.5, 0.6) is 5.75 Å². The van der Waals surface area contributed by atoms with Crippen molar-refractivity contribution in [2.75, 3.05) is 11.9 Å². The molecule has 1 heterocycles. The van der Waals surface area contributed by atoms with Crippen LogP contribution in [0.4, 0.5) is 11.4 Å². The Balaban J connectivity index is 2.67. The number of nitrogens with one attached hydrogen (secondary N) is 1. The molecule has 1 N–H and O–H groups in total. The Kier molecular flexibility index (Phi) is 3.40. The highest BCUT2D eigenvalue weighted by atomic mass is 16.6. The number of rotatable bonds is 3. The number of hydrogen-bond acceptors (Lipinski definition) is 4. The lowest BCUT2D eigenvalue weighted by molar-refractivity contribution is -0.386. The zero-order valence-corrected chi connectivity index (χ0v) is 12.7. The zero-order chi connectivity index (χ0) is 15.1. The van der Waals surface area contributed by atoms with E-state index in [4.69, 9.17) is 4.74 Å². The lowest BCUT2D eigenvalue weighted by atomic mass is 9.73. The summed E-state index contributed by atoms with van der Waals surface area (Å²) in [5.41, 5.74) is 1.16. The van der Waals surface area contributed by atoms with Gasteiger partial charge >= 0.3 is 5.69 Å². The van der Waals surface area contributed by atoms with Gasteiger partial charge in [0.15, 0.2) is 0 Å². The quantitative estimate of drug-likeness (QED) is 0.673. The van der Waals surface area contributed by atoms with Gasteiger partial charge in [-0.05, 0) is 38.7 Å². The molecular formula is C15H22N2O3. The second-order valence-corrected chi connectivity index (χ2v) is 6.58. The van der Waals surface area contributed by atoms with E-state index >= 15 is 0 Å². The fourth-order valence-corrected chi connectivity index (χ4v) is 3.14. The third-order valence-corrected chi connectivity index (χ3v) is 3.62. The highest BCUT2D eigenvalue weighted by molar-refractivity contribution is 5.65. The third-order valence-electron chi connectivity index (χ3n) is 3.62. The number of ether oxygens (including phenoxy) is 1. The SMILES string of the molecule is CCNc1cc([N+](=O)[O-])c2c(c1)C(C)(C)CC(C)(C)O2. The molecule has 0 atom stereocenters. The number of hydrogen-bond donors (Lipinski definition) is 1. The summed E-state index contributed by atoms with van der Waals surface area (Å²) in [5.74, 6) is 0.415. The number of fused-ring (bicyclic) bond motifs is 1. The first-order chi connectivity index (χ1) is 9.16. The van der Waals surface area contributed by atoms with E-state index in [-0.39, 0.29) is 16.0 Å². The highest BCUT2D eigenvalue weighted by Gasteiger charge is 2.42. The Labute approximate surface area is 119 Å². The topological polar surface area (TPSA) is 64.4 Å². The summed E-state index contributed by atoms with van der Waals surface area (Å²) in [7, 11) is 0. The van der Waals surface area contributed by atoms with Gasteiger partial charge in [0.05, 0.1) is 4.92 Å². The van der Waals surface area contributed by atoms with Crippen LogP contribution in [0.2, 0.25) is 0 Å². The Morgan fingerprint density at radius 1 is 1.35 bits per heavy atom. The van der Waals surface area contributed by atoms with E-state index in [1.807, 2.05) is 26.8 Å². The summed E-state index contributed by atoms with van der Waals surface area (Å²) in [4.78, 5) is 11.0. The monoisotopic (exact) mass is 278 g/mol. The summed E-state index contributed by atoms with van der Waals surface area (Å²) in [5, 5.41) is 14.5. The lowest BCUT2D eigenvalue weighted by Crippen LogP contribution is -2.41. The number of anilines is 1. The van der Waals surface area contributed by atoms with E-state index in [0.29, 0.717) is 5.75 Å². The second-order valence-electron chi connectivity index (χ2n) is 6.58. The van der Waals surface area contributed by atoms with Gasteiger partial charge in [-0.3, -0.25) is 10.1 Å². The van der Waals surface area contributed by atoms with E-state index in [9.17, 15) is 10.1 Å². The van der Waals surface area contributed by atoms with Crippen molar-refractivity contribution < 1.29 is 9.66 Å². The first-order valence-electron chi connectivity index (χ1n) is 6.92. The minimum atomic E-state index is -0.402. The molecule has 0 bridgehead atoms. The number of nitro benzene ring substituents is 1. The molecule has 0 spiro atoms. The largest absolute Gasteiger partial charge is 0.481 e. The van der Waals surface area contributed by atoms with Gasteiger partial charge in [0.25, 0.3) is 0 Å². The minimum absolute atomic E-state index is 0.0410. The highest BCUT2D eigenvalue weighted by Crippen LogP contribution is 2.49. The van der Waals surface area contributed by atoms with E-state index in [0.717, 1.165) is 24.2 Å². The maximum Gasteiger partial charge on any atom is 0.313 e. The van der Waals surface area contributed by atoms with Gasteiger partial charge in [-0.15, -0.1) is 0 Å². The molecule has 110 valence electrons. The Bertz CT molecular complexity index is 550. The zero-order valence-electron chi connectivity index (χ0n) is 12.7. The average molecular weight is 278 g/mol. The van der Waals surface area contributed by atoms with Crippen molar-refractivity contribution >= 4 is 11.4 Å². The van der Waals surface area contributed by atoms with Crippen LogP contribution >= 0.6 is 0 Å². The molecule has 0 saturated heterocycles. The fourth-order valence-electron chi connectivity index (χ4n) is 3.14. The second kappa shape index (κ2) is 4.65. The number of nitro groups is 1. The molecule has 0 amide bonds. The van der Waals surface area contributed by atoms with Gasteiger partial charge in [-0.1, -0.05) is 13.8 Å². The van der Waals surface area contributed by atoms with Crippen molar-refractivity contribution in [3.63, 3.8) is 0 Å². The van der Waals surface area contributed by atoms with Crippen molar-refractivity contribution in [2.24, 2.45) is 0 Å². The minimum Gasteiger partial charge on any atom is -0.481 e. The fraction of sp³-hybridized carbons (Fsp3) is 0.600. The smallest absolute Gasteiger partial charge is 0.313 e. The molecule has 0 aliphatic carbocycles. The summed E-state index contributed by atoms with van der Waals surface area (Å²) >= 11 is 0. The van der Waals surface area contributed by atoms with E-state index < -0.39 is 5.60 Å². The van der Waals surface area contributed by atoms with Gasteiger partial charge in [0, 0.05) is 23.9 Å². The van der Waals surface area contributed by atoms with Gasteiger partial charge in [0.1, 0.15) is 5.60 Å². The van der Waals surface area contributed by atoms with Crippen LogP contribution in [-0.2, 0) is 5.41 Å². The Morgan fingerprint density at radius 2 is 2.00 bits per heavy atom. The van der Waals surface area contributed by atoms with Crippen LogP contribution in [0.3, 0.4) is 0 Å². The molecule has 20 heavy (non-hydrogen) atoms. The molecule has 0 unspecified atom stereocenters. The van der Waals surface area contributed by atoms with Crippen LogP contribution in [0.25, 0.3) is 0 Å². The van der Waals surface area contributed by atoms with Gasteiger partial charge < -0.3 is 10.1 Å². The van der Waals surface area contributed by atoms with E-state index in [1.165, 1.54) is 0 Å². The summed E-state index contributed by atoms with van der Waals surface area (Å²) in [6.07, 6.45) is 0.819. The molecule has 1 aliphatic rings. The molecule has 5 heteroatoms. The van der Waals surface area contributed by atoms with Crippen LogP contribution < -0.4 is 10.1 Å². The Morgan fingerprint density at radius 3 is 2.55 bits per heavy atom. The molecule has 1 aromatic carbocycles. The summed E-state index contributed by atoms with van der Waals surface area (Å²) < 4.78 is 5.91. The molecule has 1 aromatic rings. The van der Waals surface area contributed by atoms with Crippen molar-refractivity contribution in [1.29, 1.82) is 0 Å². The van der Waals surface area contributed by atoms with Gasteiger partial charge in [-0.25, -0.2) is 0 Å². The van der Waals surface area contributed by atoms with Crippen molar-refractivity contribution in [3.8, 4) is 5.75 Å². The van der Waals surface area contributed by atoms with Crippen LogP contribution in [0, 0.1) is 10.1 Å². The van der Waals surface area contributed by atoms with Crippen LogP contribution in [0.1, 0.15) is 46.6 Å². The molecule has 1 aliphatic heterocycles. The van der Waals surface area contributed by atoms with Gasteiger partial charge in [-0.2, -0.15) is 0 Å². The average Bonchev–Trinajstić information content (AvgIpc) is 2.27. The van der Waals surface area contributed by atoms with E-state index in [2.05, 4.69) is 19.2 Å². The molecule has 5 nitrogen and oxygen atoms in total. The number of benzene rings is 1. The van der Waals surface area contributed by atoms with Crippen molar-refractivity contribution in [2.45, 2.75) is 52.1 Å². The summed E-state index contributed by atoms with van der Waals surface area (Å²) in [6, 6.07) is 3.53. The third kappa shape index (κ3) is 2.57. The summed E-state index contributed by atoms with van der Waals surface area (Å²) in [6.45, 7) is 10.9. The van der Waals surface area contributed by atoms with Gasteiger partial charge in [0.2, 0.25) is 5.75 Å². The molecule has 0 radical (unpaired) electrons. The maximum absolute atomic E-state index is 11.3.